The first-order valence-corrected chi connectivity index (χ1v) is 8.70. The van der Waals surface area contributed by atoms with E-state index in [1.807, 2.05) is 6.07 Å². The summed E-state index contributed by atoms with van der Waals surface area (Å²) >= 11 is 0. The smallest absolute Gasteiger partial charge is 0.236 e. The van der Waals surface area contributed by atoms with Crippen molar-refractivity contribution in [1.82, 2.24) is 3.97 Å². The van der Waals surface area contributed by atoms with Crippen LogP contribution >= 0.6 is 0 Å². The van der Waals surface area contributed by atoms with Crippen molar-refractivity contribution in [2.75, 3.05) is 12.8 Å². The molecule has 0 bridgehead atoms. The third kappa shape index (κ3) is 2.43. The first-order chi connectivity index (χ1) is 10.8. The lowest BCUT2D eigenvalue weighted by molar-refractivity contribution is -0.111. The first kappa shape index (κ1) is 15.4. The van der Waals surface area contributed by atoms with E-state index in [1.165, 1.54) is 12.3 Å². The van der Waals surface area contributed by atoms with Crippen LogP contribution in [-0.4, -0.2) is 36.8 Å². The highest BCUT2D eigenvalue weighted by molar-refractivity contribution is 7.89. The normalized spacial score (nSPS) is 14.6. The van der Waals surface area contributed by atoms with E-state index in [0.29, 0.717) is 11.1 Å². The molecule has 1 aromatic carbocycles. The second-order valence-electron chi connectivity index (χ2n) is 5.26. The van der Waals surface area contributed by atoms with Crippen molar-refractivity contribution in [2.45, 2.75) is 0 Å². The molecule has 1 aromatic heterocycles. The first-order valence-electron chi connectivity index (χ1n) is 6.85. The number of Topliss-reactive ketones (excluding diaryl/α,β-unsaturated/α-hetero) is 2. The van der Waals surface area contributed by atoms with Crippen LogP contribution in [0.15, 0.2) is 42.1 Å². The summed E-state index contributed by atoms with van der Waals surface area (Å²) in [5, 5.41) is 0. The Bertz CT molecular complexity index is 953. The number of hydrogen-bond donors (Lipinski definition) is 1. The molecule has 6 nitrogen and oxygen atoms in total. The highest BCUT2D eigenvalue weighted by Crippen LogP contribution is 2.34. The van der Waals surface area contributed by atoms with Gasteiger partial charge in [0.1, 0.15) is 0 Å². The fourth-order valence-electron chi connectivity index (χ4n) is 2.63. The lowest BCUT2D eigenvalue weighted by atomic mass is 9.90. The number of benzene rings is 1. The van der Waals surface area contributed by atoms with Crippen LogP contribution in [0.4, 0.5) is 0 Å². The molecule has 1 aliphatic rings. The van der Waals surface area contributed by atoms with Gasteiger partial charge in [0, 0.05) is 23.9 Å². The molecule has 0 amide bonds. The van der Waals surface area contributed by atoms with Gasteiger partial charge in [-0.1, -0.05) is 30.3 Å². The molecule has 0 saturated heterocycles. The van der Waals surface area contributed by atoms with Crippen LogP contribution in [0.5, 0.6) is 0 Å². The summed E-state index contributed by atoms with van der Waals surface area (Å²) in [6.45, 7) is -0.125. The van der Waals surface area contributed by atoms with Crippen LogP contribution in [0.2, 0.25) is 0 Å². The predicted octanol–water partition coefficient (Wildman–Crippen LogP) is 1.07. The number of ketones is 2. The molecule has 2 aromatic rings. The summed E-state index contributed by atoms with van der Waals surface area (Å²) in [6.07, 6.45) is 3.79. The van der Waals surface area contributed by atoms with E-state index in [0.717, 1.165) is 10.2 Å². The Labute approximate surface area is 133 Å². The van der Waals surface area contributed by atoms with Gasteiger partial charge in [0.25, 0.3) is 0 Å². The fourth-order valence-corrected chi connectivity index (χ4v) is 3.42. The zero-order chi connectivity index (χ0) is 16.8. The summed E-state index contributed by atoms with van der Waals surface area (Å²) < 4.78 is 25.1. The van der Waals surface area contributed by atoms with E-state index in [2.05, 4.69) is 0 Å². The van der Waals surface area contributed by atoms with Crippen molar-refractivity contribution in [1.29, 1.82) is 0 Å². The molecule has 0 saturated carbocycles. The Morgan fingerprint density at radius 2 is 1.74 bits per heavy atom. The van der Waals surface area contributed by atoms with Crippen molar-refractivity contribution in [3.05, 3.63) is 53.4 Å². The molecular weight excluding hydrogens is 316 g/mol. The van der Waals surface area contributed by atoms with Crippen molar-refractivity contribution in [2.24, 2.45) is 5.73 Å². The van der Waals surface area contributed by atoms with Gasteiger partial charge >= 0.3 is 0 Å². The molecule has 2 N–H and O–H groups in total. The number of nitrogens with two attached hydrogens (primary N) is 1. The van der Waals surface area contributed by atoms with E-state index in [1.54, 1.807) is 24.3 Å². The molecule has 0 fully saturated rings. The zero-order valence-electron chi connectivity index (χ0n) is 12.3. The number of carbonyl (C=O) groups excluding carboxylic acids is 2. The monoisotopic (exact) mass is 330 g/mol. The van der Waals surface area contributed by atoms with Crippen LogP contribution in [0, 0.1) is 0 Å². The molecule has 0 aliphatic heterocycles. The lowest BCUT2D eigenvalue weighted by Gasteiger charge is -2.13. The molecule has 0 unspecified atom stereocenters. The van der Waals surface area contributed by atoms with Crippen molar-refractivity contribution in [3.8, 4) is 11.1 Å². The van der Waals surface area contributed by atoms with Crippen molar-refractivity contribution in [3.63, 3.8) is 0 Å². The van der Waals surface area contributed by atoms with Gasteiger partial charge in [-0.05, 0) is 11.6 Å². The number of fused-ring (bicyclic) bond motifs is 1. The summed E-state index contributed by atoms with van der Waals surface area (Å²) in [7, 11) is -3.64. The minimum absolute atomic E-state index is 0.101. The minimum Gasteiger partial charge on any atom is -0.326 e. The zero-order valence-corrected chi connectivity index (χ0v) is 13.1. The van der Waals surface area contributed by atoms with Gasteiger partial charge in [-0.2, -0.15) is 0 Å². The van der Waals surface area contributed by atoms with Crippen LogP contribution in [0.1, 0.15) is 16.1 Å². The summed E-state index contributed by atoms with van der Waals surface area (Å²) in [5.74, 6) is -1.42. The molecular formula is C16H14N2O4S. The van der Waals surface area contributed by atoms with E-state index >= 15 is 0 Å². The van der Waals surface area contributed by atoms with E-state index in [-0.39, 0.29) is 23.4 Å². The Kier molecular flexibility index (Phi) is 3.54. The Morgan fingerprint density at radius 3 is 2.30 bits per heavy atom. The van der Waals surface area contributed by atoms with Gasteiger partial charge in [-0.15, -0.1) is 0 Å². The molecule has 0 spiro atoms. The highest BCUT2D eigenvalue weighted by atomic mass is 32.2. The van der Waals surface area contributed by atoms with Crippen LogP contribution in [-0.2, 0) is 14.8 Å². The van der Waals surface area contributed by atoms with E-state index < -0.39 is 21.6 Å². The molecule has 118 valence electrons. The number of rotatable bonds is 3. The second kappa shape index (κ2) is 5.29. The Balaban J connectivity index is 2.39. The molecule has 3 rings (SSSR count). The quantitative estimate of drug-likeness (QED) is 0.849. The standard InChI is InChI=1S/C16H14N2O4S/c1-23(21,22)18-9-12(10-5-3-2-4-6-10)14-13(18)7-11(8-17)15(19)16(14)20/h2-7,9H,8,17H2,1H3. The van der Waals surface area contributed by atoms with Crippen LogP contribution < -0.4 is 5.73 Å². The van der Waals surface area contributed by atoms with Gasteiger partial charge in [0.15, 0.2) is 0 Å². The fraction of sp³-hybridized carbons (Fsp3) is 0.125. The third-order valence-corrected chi connectivity index (χ3v) is 4.72. The van der Waals surface area contributed by atoms with Gasteiger partial charge in [-0.3, -0.25) is 9.59 Å². The Morgan fingerprint density at radius 1 is 1.09 bits per heavy atom. The SMILES string of the molecule is CS(=O)(=O)n1cc(-c2ccccc2)c2c1C=C(CN)C(=O)C2=O. The average Bonchev–Trinajstić information content (AvgIpc) is 2.91. The molecule has 7 heteroatoms. The van der Waals surface area contributed by atoms with Crippen molar-refractivity contribution < 1.29 is 18.0 Å². The maximum Gasteiger partial charge on any atom is 0.236 e. The average molecular weight is 330 g/mol. The third-order valence-electron chi connectivity index (χ3n) is 3.71. The lowest BCUT2D eigenvalue weighted by Crippen LogP contribution is -2.26. The number of aromatic nitrogens is 1. The number of hydrogen-bond acceptors (Lipinski definition) is 5. The van der Waals surface area contributed by atoms with Crippen molar-refractivity contribution >= 4 is 27.7 Å². The summed E-state index contributed by atoms with van der Waals surface area (Å²) in [4.78, 5) is 24.6. The van der Waals surface area contributed by atoms with E-state index in [9.17, 15) is 18.0 Å². The molecule has 1 aliphatic carbocycles. The number of carbonyl (C=O) groups is 2. The topological polar surface area (TPSA) is 99.2 Å². The van der Waals surface area contributed by atoms with E-state index in [4.69, 9.17) is 5.73 Å². The maximum absolute atomic E-state index is 12.5. The maximum atomic E-state index is 12.5. The molecule has 0 atom stereocenters. The van der Waals surface area contributed by atoms with Gasteiger partial charge in [-0.25, -0.2) is 12.4 Å². The largest absolute Gasteiger partial charge is 0.326 e. The molecule has 23 heavy (non-hydrogen) atoms. The Hall–Kier alpha value is -2.51. The second-order valence-corrected chi connectivity index (χ2v) is 7.12. The summed E-state index contributed by atoms with van der Waals surface area (Å²) in [5.41, 5.74) is 6.95. The van der Waals surface area contributed by atoms with Gasteiger partial charge in [0.2, 0.25) is 21.6 Å². The van der Waals surface area contributed by atoms with Crippen LogP contribution in [0.3, 0.4) is 0 Å². The molecule has 0 radical (unpaired) electrons. The molecule has 1 heterocycles. The van der Waals surface area contributed by atoms with Gasteiger partial charge in [0.05, 0.1) is 17.5 Å². The van der Waals surface area contributed by atoms with Gasteiger partial charge < -0.3 is 5.73 Å². The summed E-state index contributed by atoms with van der Waals surface area (Å²) in [6, 6.07) is 8.86. The number of nitrogens with zero attached hydrogens (tertiary/aromatic N) is 1. The highest BCUT2D eigenvalue weighted by Gasteiger charge is 2.34. The predicted molar refractivity (Wildman–Crippen MR) is 86.5 cm³/mol. The minimum atomic E-state index is -3.64. The van der Waals surface area contributed by atoms with Crippen LogP contribution in [0.25, 0.3) is 17.2 Å².